The lowest BCUT2D eigenvalue weighted by molar-refractivity contribution is 0.0874. The largest absolute Gasteiger partial charge is 0.347 e. The lowest BCUT2D eigenvalue weighted by Gasteiger charge is -2.34. The quantitative estimate of drug-likeness (QED) is 0.939. The number of hydrogen-bond acceptors (Lipinski definition) is 3. The molecular weight excluding hydrogens is 307 g/mol. The van der Waals surface area contributed by atoms with Gasteiger partial charge in [-0.15, -0.1) is 5.10 Å². The SMILES string of the molecule is Cc1c(C(=O)NC2C(C)CCCC2C)nnn1-c1ccc(F)cc1. The van der Waals surface area contributed by atoms with E-state index in [0.29, 0.717) is 28.9 Å². The third-order valence-electron chi connectivity index (χ3n) is 5.02. The average molecular weight is 330 g/mol. The zero-order valence-corrected chi connectivity index (χ0v) is 14.3. The molecule has 1 heterocycles. The highest BCUT2D eigenvalue weighted by Crippen LogP contribution is 2.29. The van der Waals surface area contributed by atoms with Crippen LogP contribution in [0, 0.1) is 24.6 Å². The number of nitrogens with one attached hydrogen (secondary N) is 1. The van der Waals surface area contributed by atoms with Crippen molar-refractivity contribution in [2.24, 2.45) is 11.8 Å². The first kappa shape index (κ1) is 16.6. The van der Waals surface area contributed by atoms with E-state index in [1.165, 1.54) is 18.6 Å². The van der Waals surface area contributed by atoms with E-state index in [1.54, 1.807) is 23.7 Å². The second kappa shape index (κ2) is 6.71. The van der Waals surface area contributed by atoms with Crippen molar-refractivity contribution in [3.8, 4) is 5.69 Å². The summed E-state index contributed by atoms with van der Waals surface area (Å²) in [5.41, 5.74) is 1.65. The fraction of sp³-hybridized carbons (Fsp3) is 0.500. The van der Waals surface area contributed by atoms with E-state index in [4.69, 9.17) is 0 Å². The maximum absolute atomic E-state index is 13.1. The van der Waals surface area contributed by atoms with Crippen LogP contribution in [0.3, 0.4) is 0 Å². The number of amides is 1. The first-order chi connectivity index (χ1) is 11.5. The molecule has 0 aliphatic heterocycles. The molecule has 0 saturated heterocycles. The molecule has 1 aliphatic carbocycles. The number of hydrogen-bond donors (Lipinski definition) is 1. The molecule has 1 N–H and O–H groups in total. The number of carbonyl (C=O) groups is 1. The highest BCUT2D eigenvalue weighted by molar-refractivity contribution is 5.93. The van der Waals surface area contributed by atoms with Crippen molar-refractivity contribution in [2.75, 3.05) is 0 Å². The minimum atomic E-state index is -0.310. The summed E-state index contributed by atoms with van der Waals surface area (Å²) in [6.45, 7) is 6.16. The average Bonchev–Trinajstić information content (AvgIpc) is 2.93. The highest BCUT2D eigenvalue weighted by Gasteiger charge is 2.30. The van der Waals surface area contributed by atoms with Crippen LogP contribution in [-0.4, -0.2) is 26.9 Å². The molecular formula is C18H23FN4O. The van der Waals surface area contributed by atoms with Crippen LogP contribution < -0.4 is 5.32 Å². The molecule has 24 heavy (non-hydrogen) atoms. The Balaban J connectivity index is 1.80. The van der Waals surface area contributed by atoms with Gasteiger partial charge in [0.05, 0.1) is 11.4 Å². The maximum Gasteiger partial charge on any atom is 0.274 e. The van der Waals surface area contributed by atoms with Crippen molar-refractivity contribution < 1.29 is 9.18 Å². The molecule has 1 amide bonds. The van der Waals surface area contributed by atoms with Crippen LogP contribution in [0.15, 0.2) is 24.3 Å². The maximum atomic E-state index is 13.1. The van der Waals surface area contributed by atoms with Crippen molar-refractivity contribution in [2.45, 2.75) is 46.1 Å². The Bertz CT molecular complexity index is 715. The van der Waals surface area contributed by atoms with Gasteiger partial charge in [-0.25, -0.2) is 9.07 Å². The van der Waals surface area contributed by atoms with Gasteiger partial charge in [0.25, 0.3) is 5.91 Å². The lowest BCUT2D eigenvalue weighted by Crippen LogP contribution is -2.46. The van der Waals surface area contributed by atoms with Gasteiger partial charge in [0.2, 0.25) is 0 Å². The summed E-state index contributed by atoms with van der Waals surface area (Å²) in [5, 5.41) is 11.2. The molecule has 0 spiro atoms. The minimum Gasteiger partial charge on any atom is -0.347 e. The van der Waals surface area contributed by atoms with E-state index < -0.39 is 0 Å². The smallest absolute Gasteiger partial charge is 0.274 e. The molecule has 2 unspecified atom stereocenters. The first-order valence-electron chi connectivity index (χ1n) is 8.46. The topological polar surface area (TPSA) is 59.8 Å². The zero-order chi connectivity index (χ0) is 17.3. The molecule has 0 radical (unpaired) electrons. The molecule has 1 saturated carbocycles. The van der Waals surface area contributed by atoms with Crippen molar-refractivity contribution in [1.29, 1.82) is 0 Å². The normalized spacial score (nSPS) is 23.9. The van der Waals surface area contributed by atoms with E-state index >= 15 is 0 Å². The summed E-state index contributed by atoms with van der Waals surface area (Å²) >= 11 is 0. The summed E-state index contributed by atoms with van der Waals surface area (Å²) in [5.74, 6) is 0.427. The van der Waals surface area contributed by atoms with Crippen molar-refractivity contribution >= 4 is 5.91 Å². The summed E-state index contributed by atoms with van der Waals surface area (Å²) in [6.07, 6.45) is 3.49. The van der Waals surface area contributed by atoms with Gasteiger partial charge in [-0.05, 0) is 55.9 Å². The van der Waals surface area contributed by atoms with Crippen LogP contribution in [0.25, 0.3) is 5.69 Å². The van der Waals surface area contributed by atoms with Crippen molar-refractivity contribution in [3.05, 3.63) is 41.5 Å². The first-order valence-corrected chi connectivity index (χ1v) is 8.46. The molecule has 128 valence electrons. The predicted octanol–water partition coefficient (Wildman–Crippen LogP) is 3.27. The number of rotatable bonds is 3. The van der Waals surface area contributed by atoms with Gasteiger partial charge < -0.3 is 5.32 Å². The van der Waals surface area contributed by atoms with Crippen LogP contribution >= 0.6 is 0 Å². The molecule has 6 heteroatoms. The van der Waals surface area contributed by atoms with Crippen LogP contribution in [-0.2, 0) is 0 Å². The van der Waals surface area contributed by atoms with Crippen LogP contribution in [0.2, 0.25) is 0 Å². The van der Waals surface area contributed by atoms with Crippen molar-refractivity contribution in [1.82, 2.24) is 20.3 Å². The monoisotopic (exact) mass is 330 g/mol. The number of aromatic nitrogens is 3. The van der Waals surface area contributed by atoms with Gasteiger partial charge in [-0.1, -0.05) is 25.5 Å². The molecule has 5 nitrogen and oxygen atoms in total. The van der Waals surface area contributed by atoms with Crippen LogP contribution in [0.4, 0.5) is 4.39 Å². The molecule has 3 rings (SSSR count). The molecule has 1 fully saturated rings. The molecule has 1 aromatic heterocycles. The Morgan fingerprint density at radius 1 is 1.21 bits per heavy atom. The van der Waals surface area contributed by atoms with Gasteiger partial charge in [0.15, 0.2) is 5.69 Å². The van der Waals surface area contributed by atoms with E-state index in [-0.39, 0.29) is 17.8 Å². The van der Waals surface area contributed by atoms with Crippen LogP contribution in [0.1, 0.15) is 49.3 Å². The molecule has 1 aromatic carbocycles. The molecule has 1 aliphatic rings. The second-order valence-corrected chi connectivity index (χ2v) is 6.80. The number of halogens is 1. The fourth-order valence-electron chi connectivity index (χ4n) is 3.55. The third kappa shape index (κ3) is 3.18. The Labute approximate surface area is 141 Å². The van der Waals surface area contributed by atoms with Gasteiger partial charge in [-0.2, -0.15) is 0 Å². The minimum absolute atomic E-state index is 0.168. The summed E-state index contributed by atoms with van der Waals surface area (Å²) in [4.78, 5) is 12.6. The number of nitrogens with zero attached hydrogens (tertiary/aromatic N) is 3. The van der Waals surface area contributed by atoms with Gasteiger partial charge in [0, 0.05) is 6.04 Å². The van der Waals surface area contributed by atoms with Gasteiger partial charge in [0.1, 0.15) is 5.82 Å². The van der Waals surface area contributed by atoms with Crippen LogP contribution in [0.5, 0.6) is 0 Å². The summed E-state index contributed by atoms with van der Waals surface area (Å²) in [7, 11) is 0. The van der Waals surface area contributed by atoms with E-state index in [2.05, 4.69) is 29.5 Å². The lowest BCUT2D eigenvalue weighted by atomic mass is 9.78. The highest BCUT2D eigenvalue weighted by atomic mass is 19.1. The Morgan fingerprint density at radius 3 is 2.46 bits per heavy atom. The van der Waals surface area contributed by atoms with E-state index in [0.717, 1.165) is 12.8 Å². The van der Waals surface area contributed by atoms with Gasteiger partial charge >= 0.3 is 0 Å². The molecule has 2 aromatic rings. The van der Waals surface area contributed by atoms with E-state index in [9.17, 15) is 9.18 Å². The number of benzene rings is 1. The molecule has 0 bridgehead atoms. The second-order valence-electron chi connectivity index (χ2n) is 6.80. The fourth-order valence-corrected chi connectivity index (χ4v) is 3.55. The third-order valence-corrected chi connectivity index (χ3v) is 5.02. The Kier molecular flexibility index (Phi) is 4.64. The summed E-state index contributed by atoms with van der Waals surface area (Å²) < 4.78 is 14.6. The standard InChI is InChI=1S/C18H23FN4O/c1-11-5-4-6-12(2)16(11)20-18(24)17-13(3)23(22-21-17)15-9-7-14(19)8-10-15/h7-12,16H,4-6H2,1-3H3,(H,20,24). The molecule has 2 atom stereocenters. The summed E-state index contributed by atoms with van der Waals surface area (Å²) in [6, 6.07) is 6.12. The van der Waals surface area contributed by atoms with Crippen molar-refractivity contribution in [3.63, 3.8) is 0 Å². The van der Waals surface area contributed by atoms with Gasteiger partial charge in [-0.3, -0.25) is 4.79 Å². The Hall–Kier alpha value is -2.24. The Morgan fingerprint density at radius 2 is 1.83 bits per heavy atom. The zero-order valence-electron chi connectivity index (χ0n) is 14.3. The predicted molar refractivity (Wildman–Crippen MR) is 89.5 cm³/mol. The number of carbonyl (C=O) groups excluding carboxylic acids is 1. The van der Waals surface area contributed by atoms with E-state index in [1.807, 2.05) is 0 Å².